The van der Waals surface area contributed by atoms with E-state index in [2.05, 4.69) is 9.97 Å². The molecular formula is C13H9ClN2OS2. The predicted molar refractivity (Wildman–Crippen MR) is 79.5 cm³/mol. The third kappa shape index (κ3) is 2.68. The van der Waals surface area contributed by atoms with Crippen molar-refractivity contribution in [2.75, 3.05) is 7.11 Å². The number of rotatable bonds is 3. The molecule has 1 aromatic carbocycles. The summed E-state index contributed by atoms with van der Waals surface area (Å²) in [5.41, 5.74) is 0. The number of hydrogen-bond donors (Lipinski definition) is 0. The average molecular weight is 309 g/mol. The molecule has 0 saturated carbocycles. The van der Waals surface area contributed by atoms with Crippen molar-refractivity contribution in [2.45, 2.75) is 9.92 Å². The number of thiophene rings is 1. The molecule has 0 bridgehead atoms. The van der Waals surface area contributed by atoms with Crippen LogP contribution in [0.2, 0.25) is 5.28 Å². The number of ether oxygens (including phenoxy) is 1. The Hall–Kier alpha value is -1.30. The van der Waals surface area contributed by atoms with Gasteiger partial charge in [0.05, 0.1) is 7.11 Å². The fraction of sp³-hybridized carbons (Fsp3) is 0.0769. The molecule has 96 valence electrons. The van der Waals surface area contributed by atoms with Crippen LogP contribution in [0.5, 0.6) is 5.75 Å². The van der Waals surface area contributed by atoms with Gasteiger partial charge in [-0.05, 0) is 47.3 Å². The van der Waals surface area contributed by atoms with E-state index in [9.17, 15) is 0 Å². The van der Waals surface area contributed by atoms with Gasteiger partial charge in [0, 0.05) is 10.3 Å². The van der Waals surface area contributed by atoms with E-state index in [1.165, 1.54) is 0 Å². The van der Waals surface area contributed by atoms with Gasteiger partial charge >= 0.3 is 0 Å². The second-order valence-electron chi connectivity index (χ2n) is 3.71. The van der Waals surface area contributed by atoms with Crippen molar-refractivity contribution in [1.82, 2.24) is 9.97 Å². The van der Waals surface area contributed by atoms with Crippen molar-refractivity contribution in [1.29, 1.82) is 0 Å². The van der Waals surface area contributed by atoms with Crippen LogP contribution in [0.4, 0.5) is 0 Å². The lowest BCUT2D eigenvalue weighted by molar-refractivity contribution is 0.414. The fourth-order valence-corrected chi connectivity index (χ4v) is 3.64. The highest BCUT2D eigenvalue weighted by atomic mass is 35.5. The third-order valence-electron chi connectivity index (χ3n) is 2.54. The molecule has 0 aliphatic carbocycles. The van der Waals surface area contributed by atoms with Gasteiger partial charge in [-0.25, -0.2) is 9.97 Å². The van der Waals surface area contributed by atoms with E-state index in [4.69, 9.17) is 16.3 Å². The zero-order valence-electron chi connectivity index (χ0n) is 9.96. The maximum atomic E-state index is 5.95. The Bertz CT molecular complexity index is 712. The molecule has 3 rings (SSSR count). The van der Waals surface area contributed by atoms with Crippen LogP contribution < -0.4 is 4.74 Å². The Morgan fingerprint density at radius 3 is 2.68 bits per heavy atom. The van der Waals surface area contributed by atoms with Crippen molar-refractivity contribution in [3.05, 3.63) is 41.0 Å². The van der Waals surface area contributed by atoms with Gasteiger partial charge < -0.3 is 4.74 Å². The van der Waals surface area contributed by atoms with Gasteiger partial charge in [0.15, 0.2) is 0 Å². The average Bonchev–Trinajstić information content (AvgIpc) is 2.88. The van der Waals surface area contributed by atoms with Gasteiger partial charge in [-0.1, -0.05) is 11.8 Å². The first kappa shape index (κ1) is 12.7. The lowest BCUT2D eigenvalue weighted by Gasteiger charge is -2.04. The molecule has 0 aliphatic rings. The molecule has 0 radical (unpaired) electrons. The molecule has 0 atom stereocenters. The lowest BCUT2D eigenvalue weighted by Crippen LogP contribution is -1.86. The summed E-state index contributed by atoms with van der Waals surface area (Å²) in [5, 5.41) is 4.19. The summed E-state index contributed by atoms with van der Waals surface area (Å²) < 4.78 is 5.14. The summed E-state index contributed by atoms with van der Waals surface area (Å²) in [6.07, 6.45) is 0. The van der Waals surface area contributed by atoms with Gasteiger partial charge in [0.2, 0.25) is 5.28 Å². The van der Waals surface area contributed by atoms with Gasteiger partial charge in [-0.15, -0.1) is 11.3 Å². The summed E-state index contributed by atoms with van der Waals surface area (Å²) in [4.78, 5) is 10.5. The number of aromatic nitrogens is 2. The van der Waals surface area contributed by atoms with E-state index >= 15 is 0 Å². The van der Waals surface area contributed by atoms with Crippen LogP contribution in [0.3, 0.4) is 0 Å². The summed E-state index contributed by atoms with van der Waals surface area (Å²) in [6, 6.07) is 9.86. The third-order valence-corrected chi connectivity index (χ3v) is 4.52. The maximum absolute atomic E-state index is 5.95. The van der Waals surface area contributed by atoms with Gasteiger partial charge in [0.1, 0.15) is 15.6 Å². The second-order valence-corrected chi connectivity index (χ2v) is 6.01. The number of methoxy groups -OCH3 is 1. The van der Waals surface area contributed by atoms with Crippen molar-refractivity contribution >= 4 is 44.9 Å². The highest BCUT2D eigenvalue weighted by molar-refractivity contribution is 7.99. The summed E-state index contributed by atoms with van der Waals surface area (Å²) in [6.45, 7) is 0. The van der Waals surface area contributed by atoms with Crippen molar-refractivity contribution in [3.8, 4) is 5.75 Å². The Balaban J connectivity index is 1.97. The first-order valence-corrected chi connectivity index (χ1v) is 7.56. The van der Waals surface area contributed by atoms with Crippen molar-refractivity contribution < 1.29 is 4.74 Å². The molecule has 0 aliphatic heterocycles. The van der Waals surface area contributed by atoms with E-state index in [1.54, 1.807) is 30.2 Å². The van der Waals surface area contributed by atoms with Crippen LogP contribution in [0.1, 0.15) is 0 Å². The van der Waals surface area contributed by atoms with E-state index in [0.717, 1.165) is 25.9 Å². The van der Waals surface area contributed by atoms with Gasteiger partial charge in [-0.2, -0.15) is 0 Å². The quantitative estimate of drug-likeness (QED) is 0.527. The number of nitrogens with zero attached hydrogens (tertiary/aromatic N) is 2. The maximum Gasteiger partial charge on any atom is 0.224 e. The summed E-state index contributed by atoms with van der Waals surface area (Å²) in [5.74, 6) is 0.839. The standard InChI is InChI=1S/C13H9ClN2OS2/c1-17-8-2-4-9(5-3-8)19-12-10-6-7-18-11(10)15-13(14)16-12/h2-7H,1H3. The zero-order valence-corrected chi connectivity index (χ0v) is 12.4. The molecule has 2 aromatic heterocycles. The summed E-state index contributed by atoms with van der Waals surface area (Å²) >= 11 is 9.08. The minimum atomic E-state index is 0.283. The molecule has 0 fully saturated rings. The SMILES string of the molecule is COc1ccc(Sc2nc(Cl)nc3sccc23)cc1. The molecule has 0 saturated heterocycles. The molecule has 0 unspecified atom stereocenters. The van der Waals surface area contributed by atoms with Crippen LogP contribution in [0.25, 0.3) is 10.2 Å². The number of benzene rings is 1. The Labute approximate surface area is 123 Å². The largest absolute Gasteiger partial charge is 0.497 e. The molecule has 3 nitrogen and oxygen atoms in total. The summed E-state index contributed by atoms with van der Waals surface area (Å²) in [7, 11) is 1.65. The Kier molecular flexibility index (Phi) is 3.59. The number of halogens is 1. The Morgan fingerprint density at radius 2 is 1.95 bits per heavy atom. The number of fused-ring (bicyclic) bond motifs is 1. The molecule has 2 heterocycles. The van der Waals surface area contributed by atoms with Crippen molar-refractivity contribution in [2.24, 2.45) is 0 Å². The van der Waals surface area contributed by atoms with Gasteiger partial charge in [0.25, 0.3) is 0 Å². The van der Waals surface area contributed by atoms with Crippen LogP contribution in [0.15, 0.2) is 45.6 Å². The monoisotopic (exact) mass is 308 g/mol. The van der Waals surface area contributed by atoms with E-state index in [-0.39, 0.29) is 5.28 Å². The van der Waals surface area contributed by atoms with Crippen LogP contribution in [-0.4, -0.2) is 17.1 Å². The Morgan fingerprint density at radius 1 is 1.16 bits per heavy atom. The van der Waals surface area contributed by atoms with Crippen molar-refractivity contribution in [3.63, 3.8) is 0 Å². The van der Waals surface area contributed by atoms with Crippen LogP contribution >= 0.6 is 34.7 Å². The fourth-order valence-electron chi connectivity index (χ4n) is 1.64. The highest BCUT2D eigenvalue weighted by Gasteiger charge is 2.09. The second kappa shape index (κ2) is 5.36. The predicted octanol–water partition coefficient (Wildman–Crippen LogP) is 4.50. The minimum absolute atomic E-state index is 0.283. The zero-order chi connectivity index (χ0) is 13.2. The molecule has 0 amide bonds. The van der Waals surface area contributed by atoms with Crippen LogP contribution in [-0.2, 0) is 0 Å². The normalized spacial score (nSPS) is 10.8. The molecule has 6 heteroatoms. The molecule has 19 heavy (non-hydrogen) atoms. The van der Waals surface area contributed by atoms with E-state index in [0.29, 0.717) is 0 Å². The van der Waals surface area contributed by atoms with E-state index in [1.807, 2.05) is 35.7 Å². The molecule has 0 N–H and O–H groups in total. The first-order valence-electron chi connectivity index (χ1n) is 5.49. The minimum Gasteiger partial charge on any atom is -0.497 e. The topological polar surface area (TPSA) is 35.0 Å². The van der Waals surface area contributed by atoms with Gasteiger partial charge in [-0.3, -0.25) is 0 Å². The highest BCUT2D eigenvalue weighted by Crippen LogP contribution is 2.34. The number of hydrogen-bond acceptors (Lipinski definition) is 5. The lowest BCUT2D eigenvalue weighted by atomic mass is 10.3. The van der Waals surface area contributed by atoms with Crippen LogP contribution in [0, 0.1) is 0 Å². The first-order chi connectivity index (χ1) is 9.26. The van der Waals surface area contributed by atoms with E-state index < -0.39 is 0 Å². The molecule has 3 aromatic rings. The molecular weight excluding hydrogens is 300 g/mol. The molecule has 0 spiro atoms. The smallest absolute Gasteiger partial charge is 0.224 e.